The van der Waals surface area contributed by atoms with Gasteiger partial charge in [0.15, 0.2) is 0 Å². The van der Waals surface area contributed by atoms with Crippen LogP contribution in [0.25, 0.3) is 0 Å². The van der Waals surface area contributed by atoms with E-state index < -0.39 is 15.7 Å². The van der Waals surface area contributed by atoms with Crippen LogP contribution < -0.4 is 48.2 Å². The molecule has 3 aromatic carbocycles. The van der Waals surface area contributed by atoms with Crippen molar-refractivity contribution in [1.29, 1.82) is 0 Å². The van der Waals surface area contributed by atoms with Crippen molar-refractivity contribution in [3.63, 3.8) is 0 Å². The fourth-order valence-corrected chi connectivity index (χ4v) is 3.63. The Hall–Kier alpha value is -3.88. The second-order valence-corrected chi connectivity index (χ2v) is 9.99. The summed E-state index contributed by atoms with van der Waals surface area (Å²) in [6.45, 7) is 2.78. The second kappa shape index (κ2) is 18.0. The van der Waals surface area contributed by atoms with Crippen molar-refractivity contribution >= 4 is 18.6 Å². The average molecular weight is 671 g/mol. The van der Waals surface area contributed by atoms with Crippen LogP contribution in [0.5, 0.6) is 34.5 Å². The van der Waals surface area contributed by atoms with Crippen molar-refractivity contribution in [2.24, 2.45) is 20.4 Å². The Morgan fingerprint density at radius 2 is 0.841 bits per heavy atom. The summed E-state index contributed by atoms with van der Waals surface area (Å²) in [7, 11) is -0.623. The van der Waals surface area contributed by atoms with E-state index in [0.717, 1.165) is 0 Å². The number of halogens is 1. The van der Waals surface area contributed by atoms with Crippen LogP contribution in [0, 0.1) is 15.7 Å². The van der Waals surface area contributed by atoms with Crippen LogP contribution in [0.3, 0.4) is 0 Å². The first-order valence-electron chi connectivity index (χ1n) is 12.4. The first-order chi connectivity index (χ1) is 20.3. The van der Waals surface area contributed by atoms with Gasteiger partial charge in [-0.15, -0.1) is 10.2 Å². The van der Waals surface area contributed by atoms with Gasteiger partial charge in [0.2, 0.25) is 0 Å². The minimum absolute atomic E-state index is 0. The number of hydrogen-bond donors (Lipinski definition) is 0. The maximum Gasteiger partial charge on any atom is 0.111 e. The fraction of sp³-hybridized carbons (Fsp3) is 0.276. The van der Waals surface area contributed by atoms with Gasteiger partial charge >= 0.3 is 0 Å². The summed E-state index contributed by atoms with van der Waals surface area (Å²) < 4.78 is 49.3. The van der Waals surface area contributed by atoms with Crippen molar-refractivity contribution in [1.82, 2.24) is 0 Å². The smallest absolute Gasteiger partial charge is 0.111 e. The van der Waals surface area contributed by atoms with Gasteiger partial charge in [-0.05, 0) is 34.9 Å². The van der Waals surface area contributed by atoms with E-state index in [1.165, 1.54) is 40.0 Å². The molecule has 0 fully saturated rings. The van der Waals surface area contributed by atoms with Crippen LogP contribution >= 0.6 is 0 Å². The van der Waals surface area contributed by atoms with Crippen molar-refractivity contribution in [2.45, 2.75) is 6.92 Å². The van der Waals surface area contributed by atoms with Crippen molar-refractivity contribution in [2.75, 3.05) is 41.0 Å². The summed E-state index contributed by atoms with van der Waals surface area (Å²) in [6.07, 6.45) is 4.52. The van der Waals surface area contributed by atoms with Crippen LogP contribution in [0.4, 0.5) is 0 Å². The zero-order valence-electron chi connectivity index (χ0n) is 24.2. The van der Waals surface area contributed by atoms with E-state index in [4.69, 9.17) is 32.8 Å². The molecule has 0 aliphatic carbocycles. The molecule has 44 heavy (non-hydrogen) atoms. The monoisotopic (exact) mass is 670 g/mol. The quantitative estimate of drug-likeness (QED) is 0.150. The predicted molar refractivity (Wildman–Crippen MR) is 143 cm³/mol. The first kappa shape index (κ1) is 38.1. The van der Waals surface area contributed by atoms with Crippen LogP contribution in [-0.4, -0.2) is 59.6 Å². The Bertz CT molecular complexity index is 1270. The largest absolute Gasteiger partial charge is 0.870 e. The standard InChI is InChI=1S/C29H33N3O6.ClHO4.Mn/c1-29(17-30-14-20-8-5-11-23(36-2)26(20)33,18-31-15-21-9-6-12-24(37-3)27(21)34)19-32-16-22-10-7-13-25(38-4)28(22)35;2-1(3,4)5;/h5-16,33-35H,17-19H2,1-4H3;(H,2,3,4,5);/p-4. The van der Waals surface area contributed by atoms with Gasteiger partial charge in [-0.25, -0.2) is 18.6 Å². The number of hydrogen-bond acceptors (Lipinski definition) is 13. The van der Waals surface area contributed by atoms with Crippen LogP contribution in [0.15, 0.2) is 69.6 Å². The predicted octanol–water partition coefficient (Wildman–Crippen LogP) is -2.16. The molecular weight excluding hydrogens is 641 g/mol. The summed E-state index contributed by atoms with van der Waals surface area (Å²) in [4.78, 5) is 13.5. The van der Waals surface area contributed by atoms with E-state index >= 15 is 0 Å². The van der Waals surface area contributed by atoms with E-state index in [9.17, 15) is 15.3 Å². The van der Waals surface area contributed by atoms with E-state index in [2.05, 4.69) is 15.0 Å². The van der Waals surface area contributed by atoms with Gasteiger partial charge in [0, 0.05) is 60.8 Å². The normalized spacial score (nSPS) is 12.8. The molecule has 0 amide bonds. The van der Waals surface area contributed by atoms with Crippen LogP contribution in [0.1, 0.15) is 23.6 Å². The number of benzene rings is 3. The third kappa shape index (κ3) is 12.4. The number of para-hydroxylation sites is 3. The molecule has 3 rings (SSSR count). The molecule has 0 heterocycles. The Kier molecular flexibility index (Phi) is 15.6. The maximum atomic E-state index is 12.4. The molecule has 0 saturated carbocycles. The minimum atomic E-state index is -4.94. The molecule has 3 aromatic rings. The molecular formula is C29H30ClMnN3O10-4. The molecule has 13 nitrogen and oxygen atoms in total. The third-order valence-electron chi connectivity index (χ3n) is 5.80. The summed E-state index contributed by atoms with van der Waals surface area (Å²) in [5, 5.41) is 37.3. The van der Waals surface area contributed by atoms with E-state index in [1.54, 1.807) is 54.6 Å². The van der Waals surface area contributed by atoms with Gasteiger partial charge in [0.25, 0.3) is 0 Å². The summed E-state index contributed by atoms with van der Waals surface area (Å²) >= 11 is 0. The van der Waals surface area contributed by atoms with Crippen molar-refractivity contribution < 1.29 is 75.5 Å². The second-order valence-electron chi connectivity index (χ2n) is 9.23. The topological polar surface area (TPSA) is 226 Å². The van der Waals surface area contributed by atoms with E-state index in [-0.39, 0.29) is 71.2 Å². The summed E-state index contributed by atoms with van der Waals surface area (Å²) in [5.74, 6) is -0.0338. The first-order valence-corrected chi connectivity index (χ1v) is 13.7. The Labute approximate surface area is 267 Å². The van der Waals surface area contributed by atoms with Gasteiger partial charge < -0.3 is 29.5 Å². The van der Waals surface area contributed by atoms with Gasteiger partial charge in [0.1, 0.15) is 17.2 Å². The maximum absolute atomic E-state index is 12.4. The number of ether oxygens (including phenoxy) is 3. The van der Waals surface area contributed by atoms with Crippen LogP contribution in [-0.2, 0) is 17.1 Å². The molecule has 15 heteroatoms. The molecule has 0 aliphatic heterocycles. The molecule has 0 saturated heterocycles. The fourth-order valence-electron chi connectivity index (χ4n) is 3.63. The van der Waals surface area contributed by atoms with E-state index in [1.807, 2.05) is 6.92 Å². The summed E-state index contributed by atoms with van der Waals surface area (Å²) in [5.41, 5.74) is 0.616. The van der Waals surface area contributed by atoms with Crippen LogP contribution in [0.2, 0.25) is 0 Å². The van der Waals surface area contributed by atoms with Gasteiger partial charge in [-0.1, -0.05) is 60.6 Å². The zero-order chi connectivity index (χ0) is 32.0. The Morgan fingerprint density at radius 1 is 0.591 bits per heavy atom. The molecule has 0 N–H and O–H groups in total. The van der Waals surface area contributed by atoms with E-state index in [0.29, 0.717) is 16.7 Å². The number of aliphatic imine (C=N–C) groups is 3. The van der Waals surface area contributed by atoms with Crippen molar-refractivity contribution in [3.8, 4) is 34.5 Å². The Balaban J connectivity index is 0.00000149. The molecule has 0 spiro atoms. The number of nitrogens with zero attached hydrogens (tertiary/aromatic N) is 3. The van der Waals surface area contributed by atoms with Crippen molar-refractivity contribution in [3.05, 3.63) is 71.3 Å². The van der Waals surface area contributed by atoms with Gasteiger partial charge in [-0.2, -0.15) is 0 Å². The SMILES string of the molecule is COc1cccc(C=NCC(C)(CN=Cc2cccc(OC)c2[O-])CN=Cc2cccc(OC)c2[O-])c1[O-].[Mn].[O-][Cl+3]([O-])([O-])[O-]. The van der Waals surface area contributed by atoms with Gasteiger partial charge in [0.05, 0.1) is 21.3 Å². The molecule has 0 atom stereocenters. The van der Waals surface area contributed by atoms with Gasteiger partial charge in [-0.3, -0.25) is 15.0 Å². The average Bonchev–Trinajstić information content (AvgIpc) is 2.95. The third-order valence-corrected chi connectivity index (χ3v) is 5.80. The molecule has 0 bridgehead atoms. The molecule has 239 valence electrons. The molecule has 1 radical (unpaired) electrons. The minimum Gasteiger partial charge on any atom is -0.870 e. The molecule has 0 aliphatic rings. The number of rotatable bonds is 12. The summed E-state index contributed by atoms with van der Waals surface area (Å²) in [6, 6.07) is 14.9. The number of methoxy groups -OCH3 is 3. The zero-order valence-corrected chi connectivity index (χ0v) is 26.2. The molecule has 0 aromatic heterocycles. The molecule has 0 unspecified atom stereocenters. The Morgan fingerprint density at radius 3 is 1.07 bits per heavy atom.